The molecule has 3 rings (SSSR count). The summed E-state index contributed by atoms with van der Waals surface area (Å²) in [7, 11) is 0. The van der Waals surface area contributed by atoms with E-state index in [-0.39, 0.29) is 22.8 Å². The largest absolute Gasteiger partial charge is 0.454 e. The number of nitrogens with zero attached hydrogens (tertiary/aromatic N) is 2. The van der Waals surface area contributed by atoms with Crippen molar-refractivity contribution in [3.63, 3.8) is 0 Å². The molecule has 92 valence electrons. The van der Waals surface area contributed by atoms with Gasteiger partial charge in [0.15, 0.2) is 11.5 Å². The van der Waals surface area contributed by atoms with E-state index in [1.54, 1.807) is 18.2 Å². The fraction of sp³-hybridized carbons (Fsp3) is 0.100. The number of hydrogen-bond donors (Lipinski definition) is 2. The van der Waals surface area contributed by atoms with Gasteiger partial charge in [-0.25, -0.2) is 0 Å². The van der Waals surface area contributed by atoms with E-state index in [0.29, 0.717) is 17.2 Å². The Kier molecular flexibility index (Phi) is 2.49. The maximum absolute atomic E-state index is 11.8. The van der Waals surface area contributed by atoms with Crippen molar-refractivity contribution in [1.29, 1.82) is 0 Å². The topological polar surface area (TPSA) is 99.4 Å². The van der Waals surface area contributed by atoms with Crippen LogP contribution < -0.4 is 20.5 Å². The number of nitrogens with one attached hydrogen (secondary N) is 1. The normalized spacial score (nSPS) is 12.4. The molecule has 0 fully saturated rings. The number of carbonyl (C=O) groups excluding carboxylic acids is 1. The second-order valence-corrected chi connectivity index (χ2v) is 4.48. The maximum atomic E-state index is 11.8. The van der Waals surface area contributed by atoms with Crippen molar-refractivity contribution in [2.24, 2.45) is 0 Å². The van der Waals surface area contributed by atoms with Crippen LogP contribution in [0.15, 0.2) is 18.2 Å². The fourth-order valence-corrected chi connectivity index (χ4v) is 1.99. The lowest BCUT2D eigenvalue weighted by molar-refractivity contribution is 0.102. The van der Waals surface area contributed by atoms with Gasteiger partial charge >= 0.3 is 0 Å². The zero-order chi connectivity index (χ0) is 12.5. The summed E-state index contributed by atoms with van der Waals surface area (Å²) < 4.78 is 10.4. The number of fused-ring (bicyclic) bond motifs is 1. The highest BCUT2D eigenvalue weighted by Crippen LogP contribution is 2.34. The van der Waals surface area contributed by atoms with E-state index < -0.39 is 0 Å². The molecule has 0 saturated carbocycles. The highest BCUT2D eigenvalue weighted by molar-refractivity contribution is 7.16. The van der Waals surface area contributed by atoms with Crippen LogP contribution >= 0.6 is 11.3 Å². The van der Waals surface area contributed by atoms with Gasteiger partial charge in [-0.1, -0.05) is 11.3 Å². The number of hydrogen-bond acceptors (Lipinski definition) is 7. The lowest BCUT2D eigenvalue weighted by Crippen LogP contribution is -2.11. The minimum Gasteiger partial charge on any atom is -0.454 e. The summed E-state index contributed by atoms with van der Waals surface area (Å²) >= 11 is 1.03. The summed E-state index contributed by atoms with van der Waals surface area (Å²) in [5.41, 5.74) is 6.01. The molecule has 1 amide bonds. The highest BCUT2D eigenvalue weighted by atomic mass is 32.1. The molecule has 7 nitrogen and oxygen atoms in total. The second kappa shape index (κ2) is 4.15. The zero-order valence-electron chi connectivity index (χ0n) is 9.04. The summed E-state index contributed by atoms with van der Waals surface area (Å²) in [4.78, 5) is 11.8. The van der Waals surface area contributed by atoms with Crippen LogP contribution in [0.3, 0.4) is 0 Å². The summed E-state index contributed by atoms with van der Waals surface area (Å²) in [5.74, 6) is 0.904. The first kappa shape index (κ1) is 10.8. The molecule has 0 radical (unpaired) electrons. The molecular weight excluding hydrogens is 256 g/mol. The number of anilines is 2. The Balaban J connectivity index is 1.78. The molecule has 0 spiro atoms. The SMILES string of the molecule is Nc1nnc(C(=O)Nc2ccc3c(c2)OCO3)s1. The number of nitrogens with two attached hydrogens (primary N) is 1. The van der Waals surface area contributed by atoms with Crippen molar-refractivity contribution in [1.82, 2.24) is 10.2 Å². The van der Waals surface area contributed by atoms with Crippen LogP contribution in [0.25, 0.3) is 0 Å². The summed E-state index contributed by atoms with van der Waals surface area (Å²) in [5, 5.41) is 10.4. The molecule has 1 aliphatic rings. The first-order valence-corrected chi connectivity index (χ1v) is 5.84. The fourth-order valence-electron chi connectivity index (χ4n) is 1.49. The van der Waals surface area contributed by atoms with Gasteiger partial charge in [0.05, 0.1) is 0 Å². The van der Waals surface area contributed by atoms with Crippen LogP contribution in [0.2, 0.25) is 0 Å². The van der Waals surface area contributed by atoms with Crippen LogP contribution in [0.1, 0.15) is 9.80 Å². The maximum Gasteiger partial charge on any atom is 0.286 e. The van der Waals surface area contributed by atoms with Gasteiger partial charge in [-0.2, -0.15) is 0 Å². The van der Waals surface area contributed by atoms with E-state index in [4.69, 9.17) is 15.2 Å². The monoisotopic (exact) mass is 264 g/mol. The third-order valence-electron chi connectivity index (χ3n) is 2.27. The Bertz CT molecular complexity index is 613. The molecule has 0 unspecified atom stereocenters. The molecule has 8 heteroatoms. The van der Waals surface area contributed by atoms with Gasteiger partial charge in [0.1, 0.15) is 0 Å². The van der Waals surface area contributed by atoms with Crippen molar-refractivity contribution in [2.75, 3.05) is 17.8 Å². The quantitative estimate of drug-likeness (QED) is 0.842. The predicted molar refractivity (Wildman–Crippen MR) is 64.8 cm³/mol. The van der Waals surface area contributed by atoms with Crippen LogP contribution in [-0.4, -0.2) is 22.9 Å². The molecule has 3 N–H and O–H groups in total. The van der Waals surface area contributed by atoms with E-state index in [1.165, 1.54) is 0 Å². The summed E-state index contributed by atoms with van der Waals surface area (Å²) in [6, 6.07) is 5.13. The summed E-state index contributed by atoms with van der Waals surface area (Å²) in [6.07, 6.45) is 0. The Morgan fingerprint density at radius 1 is 1.33 bits per heavy atom. The third-order valence-corrected chi connectivity index (χ3v) is 3.02. The van der Waals surface area contributed by atoms with E-state index in [2.05, 4.69) is 15.5 Å². The van der Waals surface area contributed by atoms with Crippen molar-refractivity contribution in [3.8, 4) is 11.5 Å². The van der Waals surface area contributed by atoms with Gasteiger partial charge in [0.25, 0.3) is 5.91 Å². The number of aromatic nitrogens is 2. The first-order valence-electron chi connectivity index (χ1n) is 5.02. The second-order valence-electron chi connectivity index (χ2n) is 3.47. The van der Waals surface area contributed by atoms with Gasteiger partial charge in [-0.05, 0) is 12.1 Å². The minimum atomic E-state index is -0.358. The Morgan fingerprint density at radius 2 is 2.17 bits per heavy atom. The Morgan fingerprint density at radius 3 is 2.94 bits per heavy atom. The molecule has 2 heterocycles. The molecule has 0 saturated heterocycles. The molecule has 1 aliphatic heterocycles. The molecular formula is C10H8N4O3S. The average molecular weight is 264 g/mol. The van der Waals surface area contributed by atoms with Crippen molar-refractivity contribution in [2.45, 2.75) is 0 Å². The van der Waals surface area contributed by atoms with Crippen molar-refractivity contribution < 1.29 is 14.3 Å². The number of benzene rings is 1. The average Bonchev–Trinajstić information content (AvgIpc) is 2.96. The molecule has 18 heavy (non-hydrogen) atoms. The highest BCUT2D eigenvalue weighted by Gasteiger charge is 2.16. The number of nitrogen functional groups attached to an aromatic ring is 1. The number of ether oxygens (including phenoxy) is 2. The van der Waals surface area contributed by atoms with Crippen LogP contribution in [0.5, 0.6) is 11.5 Å². The zero-order valence-corrected chi connectivity index (χ0v) is 9.86. The molecule has 1 aromatic carbocycles. The predicted octanol–water partition coefficient (Wildman–Crippen LogP) is 1.10. The molecule has 0 aliphatic carbocycles. The molecule has 0 bridgehead atoms. The number of rotatable bonds is 2. The van der Waals surface area contributed by atoms with Crippen LogP contribution in [-0.2, 0) is 0 Å². The molecule has 0 atom stereocenters. The first-order chi connectivity index (χ1) is 8.72. The van der Waals surface area contributed by atoms with Gasteiger partial charge < -0.3 is 20.5 Å². The minimum absolute atomic E-state index is 0.194. The lowest BCUT2D eigenvalue weighted by Gasteiger charge is -2.03. The summed E-state index contributed by atoms with van der Waals surface area (Å²) in [6.45, 7) is 0.194. The van der Waals surface area contributed by atoms with Gasteiger partial charge in [0, 0.05) is 11.8 Å². The lowest BCUT2D eigenvalue weighted by atomic mass is 10.3. The van der Waals surface area contributed by atoms with Crippen LogP contribution in [0, 0.1) is 0 Å². The van der Waals surface area contributed by atoms with Crippen LogP contribution in [0.4, 0.5) is 10.8 Å². The Hall–Kier alpha value is -2.35. The Labute approximate surface area is 106 Å². The third kappa shape index (κ3) is 1.93. The van der Waals surface area contributed by atoms with Gasteiger partial charge in [-0.15, -0.1) is 10.2 Å². The molecule has 2 aromatic rings. The number of carbonyl (C=O) groups is 1. The van der Waals surface area contributed by atoms with Gasteiger partial charge in [-0.3, -0.25) is 4.79 Å². The van der Waals surface area contributed by atoms with E-state index >= 15 is 0 Å². The van der Waals surface area contributed by atoms with E-state index in [9.17, 15) is 4.79 Å². The molecule has 1 aromatic heterocycles. The van der Waals surface area contributed by atoms with Crippen molar-refractivity contribution >= 4 is 28.1 Å². The van der Waals surface area contributed by atoms with E-state index in [1.807, 2.05) is 0 Å². The standard InChI is InChI=1S/C10H8N4O3S/c11-10-14-13-9(18-10)8(15)12-5-1-2-6-7(3-5)17-4-16-6/h1-3H,4H2,(H2,11,14)(H,12,15). The number of amides is 1. The van der Waals surface area contributed by atoms with Gasteiger partial charge in [0.2, 0.25) is 16.9 Å². The van der Waals surface area contributed by atoms with E-state index in [0.717, 1.165) is 11.3 Å². The smallest absolute Gasteiger partial charge is 0.286 e. The van der Waals surface area contributed by atoms with Crippen molar-refractivity contribution in [3.05, 3.63) is 23.2 Å².